The third-order valence-corrected chi connectivity index (χ3v) is 3.81. The summed E-state index contributed by atoms with van der Waals surface area (Å²) in [5.41, 5.74) is 0.877. The molecule has 0 saturated carbocycles. The number of rotatable bonds is 2. The van der Waals surface area contributed by atoms with E-state index in [9.17, 15) is 8.42 Å². The van der Waals surface area contributed by atoms with Crippen molar-refractivity contribution in [2.75, 3.05) is 16.8 Å². The molecular weight excluding hydrogens is 190 g/mol. The minimum atomic E-state index is -2.73. The number of nitrogens with one attached hydrogen (secondary N) is 1. The molecule has 1 aromatic heterocycles. The predicted molar refractivity (Wildman–Crippen MR) is 49.3 cm³/mol. The summed E-state index contributed by atoms with van der Waals surface area (Å²) >= 11 is 0. The van der Waals surface area contributed by atoms with Crippen molar-refractivity contribution >= 4 is 15.5 Å². The minimum Gasteiger partial charge on any atom is -0.378 e. The monoisotopic (exact) mass is 201 g/mol. The number of aromatic nitrogens is 2. The molecule has 0 bridgehead atoms. The van der Waals surface area contributed by atoms with E-state index in [-0.39, 0.29) is 17.5 Å². The van der Waals surface area contributed by atoms with E-state index in [0.29, 0.717) is 0 Å². The molecule has 1 aliphatic rings. The normalized spacial score (nSPS) is 21.0. The molecule has 6 heteroatoms. The molecule has 2 heterocycles. The highest BCUT2D eigenvalue weighted by Crippen LogP contribution is 2.16. The molecule has 72 valence electrons. The average Bonchev–Trinajstić information content (AvgIpc) is 2.31. The van der Waals surface area contributed by atoms with Crippen LogP contribution in [0.5, 0.6) is 0 Å². The molecule has 13 heavy (non-hydrogen) atoms. The van der Waals surface area contributed by atoms with Gasteiger partial charge in [0.1, 0.15) is 0 Å². The van der Waals surface area contributed by atoms with Crippen molar-refractivity contribution in [2.45, 2.75) is 6.04 Å². The molecule has 0 aliphatic carbocycles. The fourth-order valence-electron chi connectivity index (χ4n) is 1.38. The summed E-state index contributed by atoms with van der Waals surface area (Å²) in [5.74, 6) is 0.476. The van der Waals surface area contributed by atoms with E-state index in [2.05, 4.69) is 10.4 Å². The Kier molecular flexibility index (Phi) is 1.80. The van der Waals surface area contributed by atoms with E-state index in [0.717, 1.165) is 5.69 Å². The zero-order valence-corrected chi connectivity index (χ0v) is 8.08. The fraction of sp³-hybridized carbons (Fsp3) is 0.571. The topological polar surface area (TPSA) is 64.0 Å². The molecule has 5 nitrogen and oxygen atoms in total. The third-order valence-electron chi connectivity index (χ3n) is 1.99. The van der Waals surface area contributed by atoms with Crippen LogP contribution in [0.25, 0.3) is 0 Å². The lowest BCUT2D eigenvalue weighted by atomic mass is 10.3. The Morgan fingerprint density at radius 2 is 2.31 bits per heavy atom. The first-order valence-electron chi connectivity index (χ1n) is 4.01. The van der Waals surface area contributed by atoms with Gasteiger partial charge < -0.3 is 5.32 Å². The van der Waals surface area contributed by atoms with Gasteiger partial charge in [0.2, 0.25) is 0 Å². The predicted octanol–water partition coefficient (Wildman–Crippen LogP) is -0.371. The van der Waals surface area contributed by atoms with Gasteiger partial charge in [0.05, 0.1) is 29.4 Å². The quantitative estimate of drug-likeness (QED) is 0.709. The lowest BCUT2D eigenvalue weighted by Gasteiger charge is -2.26. The van der Waals surface area contributed by atoms with Gasteiger partial charge in [-0.3, -0.25) is 4.68 Å². The van der Waals surface area contributed by atoms with Gasteiger partial charge in [-0.25, -0.2) is 8.42 Å². The van der Waals surface area contributed by atoms with Crippen LogP contribution in [-0.4, -0.2) is 35.7 Å². The molecule has 1 aromatic rings. The van der Waals surface area contributed by atoms with Gasteiger partial charge in [-0.2, -0.15) is 5.10 Å². The number of sulfone groups is 1. The maximum absolute atomic E-state index is 10.8. The van der Waals surface area contributed by atoms with Gasteiger partial charge in [-0.05, 0) is 0 Å². The molecule has 0 radical (unpaired) electrons. The van der Waals surface area contributed by atoms with Crippen LogP contribution >= 0.6 is 0 Å². The van der Waals surface area contributed by atoms with Gasteiger partial charge in [0.15, 0.2) is 9.84 Å². The third kappa shape index (κ3) is 1.82. The van der Waals surface area contributed by atoms with E-state index < -0.39 is 9.84 Å². The van der Waals surface area contributed by atoms with Crippen molar-refractivity contribution in [3.8, 4) is 0 Å². The van der Waals surface area contributed by atoms with Crippen molar-refractivity contribution < 1.29 is 8.42 Å². The SMILES string of the molecule is Cn1cc(NC2CS(=O)(=O)C2)cn1. The Morgan fingerprint density at radius 3 is 2.77 bits per heavy atom. The molecule has 1 fully saturated rings. The standard InChI is InChI=1S/C7H11N3O2S/c1-10-3-6(2-8-10)9-7-4-13(11,12)5-7/h2-3,7,9H,4-5H2,1H3. The zero-order chi connectivity index (χ0) is 9.47. The largest absolute Gasteiger partial charge is 0.378 e. The Hall–Kier alpha value is -1.04. The summed E-state index contributed by atoms with van der Waals surface area (Å²) in [4.78, 5) is 0. The number of nitrogens with zero attached hydrogens (tertiary/aromatic N) is 2. The van der Waals surface area contributed by atoms with Crippen molar-refractivity contribution in [2.24, 2.45) is 7.05 Å². The second-order valence-corrected chi connectivity index (χ2v) is 5.47. The summed E-state index contributed by atoms with van der Waals surface area (Å²) < 4.78 is 23.3. The molecule has 1 N–H and O–H groups in total. The number of hydrogen-bond acceptors (Lipinski definition) is 4. The van der Waals surface area contributed by atoms with Gasteiger partial charge in [-0.1, -0.05) is 0 Å². The van der Waals surface area contributed by atoms with E-state index >= 15 is 0 Å². The highest BCUT2D eigenvalue weighted by molar-refractivity contribution is 7.92. The van der Waals surface area contributed by atoms with Crippen LogP contribution in [-0.2, 0) is 16.9 Å². The van der Waals surface area contributed by atoms with Crippen LogP contribution in [0.3, 0.4) is 0 Å². The Bertz CT molecular complexity index is 397. The Balaban J connectivity index is 1.94. The summed E-state index contributed by atoms with van der Waals surface area (Å²) in [5, 5.41) is 7.06. The number of anilines is 1. The van der Waals surface area contributed by atoms with Crippen molar-refractivity contribution in [3.05, 3.63) is 12.4 Å². The second-order valence-electron chi connectivity index (χ2n) is 3.32. The lowest BCUT2D eigenvalue weighted by molar-refractivity contribution is 0.570. The van der Waals surface area contributed by atoms with Crippen molar-refractivity contribution in [3.63, 3.8) is 0 Å². The molecule has 0 atom stereocenters. The van der Waals surface area contributed by atoms with Gasteiger partial charge >= 0.3 is 0 Å². The second kappa shape index (κ2) is 2.73. The van der Waals surface area contributed by atoms with Crippen molar-refractivity contribution in [1.29, 1.82) is 0 Å². The maximum Gasteiger partial charge on any atom is 0.154 e. The molecule has 0 amide bonds. The molecule has 0 spiro atoms. The summed E-state index contributed by atoms with van der Waals surface area (Å²) in [6, 6.07) is 0.0641. The van der Waals surface area contributed by atoms with E-state index in [1.54, 1.807) is 10.9 Å². The Labute approximate surface area is 76.7 Å². The molecule has 0 unspecified atom stereocenters. The minimum absolute atomic E-state index is 0.0641. The first-order chi connectivity index (χ1) is 6.05. The summed E-state index contributed by atoms with van der Waals surface area (Å²) in [7, 11) is -0.912. The molecule has 2 rings (SSSR count). The zero-order valence-electron chi connectivity index (χ0n) is 7.27. The van der Waals surface area contributed by atoms with Crippen LogP contribution in [0.4, 0.5) is 5.69 Å². The first-order valence-corrected chi connectivity index (χ1v) is 5.83. The Morgan fingerprint density at radius 1 is 1.62 bits per heavy atom. The molecule has 0 aromatic carbocycles. The summed E-state index contributed by atoms with van der Waals surface area (Å²) in [6.45, 7) is 0. The molecule has 1 saturated heterocycles. The van der Waals surface area contributed by atoms with Crippen LogP contribution < -0.4 is 5.32 Å². The highest BCUT2D eigenvalue weighted by Gasteiger charge is 2.33. The van der Waals surface area contributed by atoms with E-state index in [1.165, 1.54) is 0 Å². The van der Waals surface area contributed by atoms with Crippen LogP contribution in [0.15, 0.2) is 12.4 Å². The van der Waals surface area contributed by atoms with Gasteiger partial charge in [0.25, 0.3) is 0 Å². The smallest absolute Gasteiger partial charge is 0.154 e. The van der Waals surface area contributed by atoms with Crippen LogP contribution in [0.2, 0.25) is 0 Å². The van der Waals surface area contributed by atoms with Crippen molar-refractivity contribution in [1.82, 2.24) is 9.78 Å². The highest BCUT2D eigenvalue weighted by atomic mass is 32.2. The van der Waals surface area contributed by atoms with Crippen LogP contribution in [0.1, 0.15) is 0 Å². The molecule has 1 aliphatic heterocycles. The van der Waals surface area contributed by atoms with E-state index in [1.807, 2.05) is 13.2 Å². The maximum atomic E-state index is 10.8. The molecular formula is C7H11N3O2S. The van der Waals surface area contributed by atoms with Gasteiger partial charge in [-0.15, -0.1) is 0 Å². The number of hydrogen-bond donors (Lipinski definition) is 1. The summed E-state index contributed by atoms with van der Waals surface area (Å²) in [6.07, 6.45) is 3.51. The van der Waals surface area contributed by atoms with Gasteiger partial charge in [0, 0.05) is 13.2 Å². The van der Waals surface area contributed by atoms with E-state index in [4.69, 9.17) is 0 Å². The number of aryl methyl sites for hydroxylation is 1. The fourth-order valence-corrected chi connectivity index (χ4v) is 2.67. The first kappa shape index (κ1) is 8.55. The van der Waals surface area contributed by atoms with Crippen LogP contribution in [0, 0.1) is 0 Å². The average molecular weight is 201 g/mol. The lowest BCUT2D eigenvalue weighted by Crippen LogP contribution is -2.46.